The van der Waals surface area contributed by atoms with E-state index >= 15 is 0 Å². The lowest BCUT2D eigenvalue weighted by Gasteiger charge is -2.14. The highest BCUT2D eigenvalue weighted by Crippen LogP contribution is 2.38. The number of hydrogen-bond donors (Lipinski definition) is 2. The van der Waals surface area contributed by atoms with Crippen LogP contribution in [0.4, 0.5) is 0 Å². The van der Waals surface area contributed by atoms with Gasteiger partial charge < -0.3 is 14.9 Å². The molecule has 166 valence electrons. The van der Waals surface area contributed by atoms with Crippen molar-refractivity contribution in [3.63, 3.8) is 0 Å². The smallest absolute Gasteiger partial charge is 0.125 e. The number of halogens is 2. The Kier molecular flexibility index (Phi) is 8.36. The van der Waals surface area contributed by atoms with Crippen LogP contribution in [0.25, 0.3) is 10.6 Å². The Morgan fingerprint density at radius 3 is 2.55 bits per heavy atom. The molecule has 0 bridgehead atoms. The number of ether oxygens (including phenoxy) is 1. The van der Waals surface area contributed by atoms with Crippen molar-refractivity contribution >= 4 is 34.5 Å². The molecule has 0 saturated heterocycles. The first kappa shape index (κ1) is 24.0. The van der Waals surface area contributed by atoms with Crippen molar-refractivity contribution in [3.05, 3.63) is 68.1 Å². The van der Waals surface area contributed by atoms with Gasteiger partial charge in [-0.1, -0.05) is 43.1 Å². The largest absolute Gasteiger partial charge is 0.491 e. The fourth-order valence-corrected chi connectivity index (χ4v) is 5.12. The minimum absolute atomic E-state index is 0.0289. The molecule has 0 aliphatic carbocycles. The van der Waals surface area contributed by atoms with Crippen molar-refractivity contribution in [1.29, 1.82) is 0 Å². The Balaban J connectivity index is 1.76. The van der Waals surface area contributed by atoms with Gasteiger partial charge in [-0.3, -0.25) is 0 Å². The predicted octanol–water partition coefficient (Wildman–Crippen LogP) is 6.59. The normalized spacial score (nSPS) is 12.4. The molecule has 1 unspecified atom stereocenters. The maximum absolute atomic E-state index is 10.8. The maximum Gasteiger partial charge on any atom is 0.125 e. The molecule has 1 heterocycles. The average molecular weight is 480 g/mol. The lowest BCUT2D eigenvalue weighted by Crippen LogP contribution is -2.05. The van der Waals surface area contributed by atoms with Crippen LogP contribution in [0.5, 0.6) is 5.75 Å². The van der Waals surface area contributed by atoms with Crippen LogP contribution in [0, 0.1) is 6.92 Å². The highest BCUT2D eigenvalue weighted by molar-refractivity contribution is 7.15. The number of nitrogens with zero attached hydrogens (tertiary/aromatic N) is 1. The first-order valence-corrected chi connectivity index (χ1v) is 11.8. The summed E-state index contributed by atoms with van der Waals surface area (Å²) in [5, 5.41) is 21.7. The quantitative estimate of drug-likeness (QED) is 0.363. The monoisotopic (exact) mass is 479 g/mol. The number of rotatable bonds is 9. The highest BCUT2D eigenvalue weighted by atomic mass is 35.5. The van der Waals surface area contributed by atoms with Crippen LogP contribution in [0.2, 0.25) is 10.0 Å². The molecule has 3 rings (SSSR count). The molecule has 0 aliphatic rings. The van der Waals surface area contributed by atoms with Crippen LogP contribution >= 0.6 is 34.5 Å². The summed E-state index contributed by atoms with van der Waals surface area (Å²) in [6.45, 7) is 6.45. The first-order chi connectivity index (χ1) is 14.8. The minimum Gasteiger partial charge on any atom is -0.491 e. The van der Waals surface area contributed by atoms with E-state index in [4.69, 9.17) is 38.0 Å². The number of aromatic nitrogens is 1. The summed E-state index contributed by atoms with van der Waals surface area (Å²) in [5.74, 6) is 1.05. The fraction of sp³-hybridized carbons (Fsp3) is 0.375. The van der Waals surface area contributed by atoms with Crippen LogP contribution in [0.1, 0.15) is 54.0 Å². The molecule has 31 heavy (non-hydrogen) atoms. The van der Waals surface area contributed by atoms with Gasteiger partial charge >= 0.3 is 0 Å². The van der Waals surface area contributed by atoms with Crippen molar-refractivity contribution in [2.75, 3.05) is 13.2 Å². The van der Waals surface area contributed by atoms with Gasteiger partial charge in [0, 0.05) is 15.5 Å². The van der Waals surface area contributed by atoms with Gasteiger partial charge in [0.15, 0.2) is 0 Å². The molecule has 2 N–H and O–H groups in total. The molecule has 4 nitrogen and oxygen atoms in total. The van der Waals surface area contributed by atoms with Gasteiger partial charge in [0.1, 0.15) is 17.4 Å². The summed E-state index contributed by atoms with van der Waals surface area (Å²) in [6.07, 6.45) is 0.626. The molecule has 0 spiro atoms. The summed E-state index contributed by atoms with van der Waals surface area (Å²) in [5.41, 5.74) is 3.65. The highest BCUT2D eigenvalue weighted by Gasteiger charge is 2.19. The molecule has 0 fully saturated rings. The van der Waals surface area contributed by atoms with E-state index in [1.807, 2.05) is 37.3 Å². The standard InChI is InChI=1S/C24H27Cl2NO3S/c1-14(2)23-20(27-24(31-23)18-6-5-17(25)13-19(18)26)7-8-21(29)16-4-9-22(15(3)12-16)30-11-10-28/h4-6,9,12-14,21,28-29H,7-8,10-11H2,1-3H3. The molecule has 3 aromatic rings. The minimum atomic E-state index is -0.602. The molecule has 0 aliphatic heterocycles. The van der Waals surface area contributed by atoms with Crippen LogP contribution in [0.15, 0.2) is 36.4 Å². The lowest BCUT2D eigenvalue weighted by molar-refractivity contribution is 0.167. The van der Waals surface area contributed by atoms with Crippen LogP contribution in [-0.2, 0) is 6.42 Å². The summed E-state index contributed by atoms with van der Waals surface area (Å²) in [7, 11) is 0. The number of aliphatic hydroxyl groups excluding tert-OH is 2. The SMILES string of the molecule is Cc1cc(C(O)CCc2nc(-c3ccc(Cl)cc3Cl)sc2C(C)C)ccc1OCCO. The van der Waals surface area contributed by atoms with Crippen LogP contribution in [0.3, 0.4) is 0 Å². The fourth-order valence-electron chi connectivity index (χ4n) is 3.41. The number of thiazole rings is 1. The third-order valence-electron chi connectivity index (χ3n) is 5.00. The molecule has 0 radical (unpaired) electrons. The number of hydrogen-bond acceptors (Lipinski definition) is 5. The number of benzene rings is 2. The van der Waals surface area contributed by atoms with Gasteiger partial charge in [-0.15, -0.1) is 11.3 Å². The maximum atomic E-state index is 10.8. The molecular formula is C24H27Cl2NO3S. The second-order valence-corrected chi connectivity index (χ2v) is 9.63. The Morgan fingerprint density at radius 1 is 1.13 bits per heavy atom. The van der Waals surface area contributed by atoms with Crippen molar-refractivity contribution in [2.24, 2.45) is 0 Å². The zero-order valence-corrected chi connectivity index (χ0v) is 20.2. The Hall–Kier alpha value is -1.63. The Labute approximate surface area is 197 Å². The van der Waals surface area contributed by atoms with E-state index in [1.165, 1.54) is 4.88 Å². The van der Waals surface area contributed by atoms with E-state index < -0.39 is 6.10 Å². The summed E-state index contributed by atoms with van der Waals surface area (Å²) >= 11 is 14.1. The van der Waals surface area contributed by atoms with E-state index in [9.17, 15) is 5.11 Å². The topological polar surface area (TPSA) is 62.6 Å². The van der Waals surface area contributed by atoms with E-state index in [1.54, 1.807) is 17.4 Å². The Morgan fingerprint density at radius 2 is 1.90 bits per heavy atom. The van der Waals surface area contributed by atoms with E-state index in [-0.39, 0.29) is 13.2 Å². The van der Waals surface area contributed by atoms with E-state index in [2.05, 4.69) is 13.8 Å². The Bertz CT molecular complexity index is 1040. The molecule has 1 atom stereocenters. The average Bonchev–Trinajstić information content (AvgIpc) is 3.15. The van der Waals surface area contributed by atoms with Crippen LogP contribution < -0.4 is 4.74 Å². The van der Waals surface area contributed by atoms with E-state index in [0.717, 1.165) is 33.1 Å². The van der Waals surface area contributed by atoms with Gasteiger partial charge in [0.25, 0.3) is 0 Å². The molecule has 7 heteroatoms. The zero-order chi connectivity index (χ0) is 22.5. The van der Waals surface area contributed by atoms with Gasteiger partial charge in [-0.25, -0.2) is 4.98 Å². The first-order valence-electron chi connectivity index (χ1n) is 10.3. The summed E-state index contributed by atoms with van der Waals surface area (Å²) in [6, 6.07) is 11.1. The molecule has 0 saturated carbocycles. The van der Waals surface area contributed by atoms with Gasteiger partial charge in [-0.05, 0) is 67.1 Å². The van der Waals surface area contributed by atoms with Gasteiger partial charge in [-0.2, -0.15) is 0 Å². The summed E-state index contributed by atoms with van der Waals surface area (Å²) in [4.78, 5) is 6.07. The lowest BCUT2D eigenvalue weighted by atomic mass is 10.00. The third-order valence-corrected chi connectivity index (χ3v) is 6.98. The molecular weight excluding hydrogens is 453 g/mol. The van der Waals surface area contributed by atoms with Gasteiger partial charge in [0.05, 0.1) is 23.4 Å². The van der Waals surface area contributed by atoms with Crippen LogP contribution in [-0.4, -0.2) is 28.4 Å². The third kappa shape index (κ3) is 5.99. The molecule has 2 aromatic carbocycles. The van der Waals surface area contributed by atoms with E-state index in [0.29, 0.717) is 28.8 Å². The van der Waals surface area contributed by atoms with Crippen molar-refractivity contribution in [2.45, 2.75) is 45.6 Å². The zero-order valence-electron chi connectivity index (χ0n) is 17.9. The second-order valence-electron chi connectivity index (χ2n) is 7.76. The van der Waals surface area contributed by atoms with Crippen molar-refractivity contribution in [3.8, 4) is 16.3 Å². The summed E-state index contributed by atoms with van der Waals surface area (Å²) < 4.78 is 5.49. The molecule has 0 amide bonds. The second kappa shape index (κ2) is 10.8. The number of aryl methyl sites for hydroxylation is 2. The molecule has 1 aromatic heterocycles. The predicted molar refractivity (Wildman–Crippen MR) is 129 cm³/mol. The van der Waals surface area contributed by atoms with Gasteiger partial charge in [0.2, 0.25) is 0 Å². The number of aliphatic hydroxyl groups is 2. The van der Waals surface area contributed by atoms with Crippen molar-refractivity contribution < 1.29 is 14.9 Å². The van der Waals surface area contributed by atoms with Crippen molar-refractivity contribution in [1.82, 2.24) is 4.98 Å².